The highest BCUT2D eigenvalue weighted by molar-refractivity contribution is 7.71. The fourth-order valence-corrected chi connectivity index (χ4v) is 2.37. The monoisotopic (exact) mass is 196 g/mol. The van der Waals surface area contributed by atoms with Gasteiger partial charge in [-0.2, -0.15) is 0 Å². The maximum atomic E-state index is 5.26. The van der Waals surface area contributed by atoms with E-state index >= 15 is 0 Å². The molecule has 2 aromatic heterocycles. The highest BCUT2D eigenvalue weighted by Crippen LogP contribution is 2.20. The third-order valence-corrected chi connectivity index (χ3v) is 3.22. The first-order chi connectivity index (χ1) is 5.83. The molecule has 0 aromatic carbocycles. The molecule has 0 aliphatic carbocycles. The molecule has 0 bridgehead atoms. The van der Waals surface area contributed by atoms with Gasteiger partial charge < -0.3 is 5.43 Å². The molecule has 62 valence electrons. The van der Waals surface area contributed by atoms with Crippen molar-refractivity contribution in [2.75, 3.05) is 12.5 Å². The van der Waals surface area contributed by atoms with Crippen LogP contribution >= 0.6 is 23.6 Å². The van der Waals surface area contributed by atoms with Crippen LogP contribution in [0.25, 0.3) is 10.1 Å². The SMILES string of the molecule is CNn1ccc2ccsc2c1=S. The van der Waals surface area contributed by atoms with Crippen LogP contribution in [-0.2, 0) is 0 Å². The van der Waals surface area contributed by atoms with Crippen LogP contribution in [0.3, 0.4) is 0 Å². The standard InChI is InChI=1S/C8H8N2S2/c1-9-10-4-2-6-3-5-12-7(6)8(10)11/h2-5,9H,1H3. The maximum absolute atomic E-state index is 5.26. The summed E-state index contributed by atoms with van der Waals surface area (Å²) in [6, 6.07) is 4.13. The van der Waals surface area contributed by atoms with E-state index in [0.717, 1.165) is 4.64 Å². The number of hydrogen-bond donors (Lipinski definition) is 1. The van der Waals surface area contributed by atoms with Gasteiger partial charge in [0.2, 0.25) is 0 Å². The third-order valence-electron chi connectivity index (χ3n) is 1.75. The second-order valence-corrected chi connectivity index (χ2v) is 3.72. The van der Waals surface area contributed by atoms with Gasteiger partial charge in [-0.1, -0.05) is 12.2 Å². The second-order valence-electron chi connectivity index (χ2n) is 2.42. The molecule has 2 rings (SSSR count). The summed E-state index contributed by atoms with van der Waals surface area (Å²) < 4.78 is 3.86. The molecular formula is C8H8N2S2. The van der Waals surface area contributed by atoms with E-state index in [9.17, 15) is 0 Å². The Morgan fingerprint density at radius 3 is 3.08 bits per heavy atom. The molecule has 12 heavy (non-hydrogen) atoms. The van der Waals surface area contributed by atoms with E-state index in [1.807, 2.05) is 17.9 Å². The second kappa shape index (κ2) is 2.88. The van der Waals surface area contributed by atoms with Crippen LogP contribution in [0.15, 0.2) is 23.7 Å². The highest BCUT2D eigenvalue weighted by Gasteiger charge is 1.97. The lowest BCUT2D eigenvalue weighted by molar-refractivity contribution is 0.912. The minimum Gasteiger partial charge on any atom is -0.328 e. The van der Waals surface area contributed by atoms with Crippen molar-refractivity contribution < 1.29 is 0 Å². The van der Waals surface area contributed by atoms with E-state index in [0.29, 0.717) is 0 Å². The normalized spacial score (nSPS) is 10.4. The third kappa shape index (κ3) is 1.04. The highest BCUT2D eigenvalue weighted by atomic mass is 32.1. The lowest BCUT2D eigenvalue weighted by atomic mass is 10.3. The van der Waals surface area contributed by atoms with Crippen molar-refractivity contribution in [3.05, 3.63) is 28.4 Å². The number of thiophene rings is 1. The summed E-state index contributed by atoms with van der Waals surface area (Å²) >= 11 is 6.94. The zero-order chi connectivity index (χ0) is 8.55. The Kier molecular flexibility index (Phi) is 1.86. The minimum absolute atomic E-state index is 0.852. The fraction of sp³-hybridized carbons (Fsp3) is 0.125. The summed E-state index contributed by atoms with van der Waals surface area (Å²) in [7, 11) is 1.86. The van der Waals surface area contributed by atoms with Gasteiger partial charge >= 0.3 is 0 Å². The summed E-state index contributed by atoms with van der Waals surface area (Å²) in [4.78, 5) is 0. The van der Waals surface area contributed by atoms with Gasteiger partial charge in [-0.25, -0.2) is 0 Å². The summed E-state index contributed by atoms with van der Waals surface area (Å²) in [5, 5.41) is 3.28. The Labute approximate surface area is 79.4 Å². The van der Waals surface area contributed by atoms with Gasteiger partial charge in [-0.3, -0.25) is 4.68 Å². The zero-order valence-corrected chi connectivity index (χ0v) is 8.21. The molecule has 0 saturated heterocycles. The Morgan fingerprint density at radius 2 is 2.33 bits per heavy atom. The zero-order valence-electron chi connectivity index (χ0n) is 6.57. The van der Waals surface area contributed by atoms with Gasteiger partial charge in [-0.05, 0) is 22.9 Å². The molecule has 0 saturated carbocycles. The van der Waals surface area contributed by atoms with Crippen LogP contribution < -0.4 is 5.43 Å². The van der Waals surface area contributed by atoms with Crippen molar-refractivity contribution >= 4 is 33.6 Å². The predicted octanol–water partition coefficient (Wildman–Crippen LogP) is 2.61. The summed E-state index contributed by atoms with van der Waals surface area (Å²) in [5.74, 6) is 0. The van der Waals surface area contributed by atoms with Gasteiger partial charge in [0.05, 0.1) is 4.70 Å². The van der Waals surface area contributed by atoms with Crippen molar-refractivity contribution in [1.29, 1.82) is 0 Å². The Hall–Kier alpha value is -0.870. The Balaban J connectivity index is 2.88. The van der Waals surface area contributed by atoms with Crippen LogP contribution in [0.4, 0.5) is 0 Å². The summed E-state index contributed by atoms with van der Waals surface area (Å²) in [5.41, 5.74) is 3.00. The van der Waals surface area contributed by atoms with Crippen LogP contribution in [0.5, 0.6) is 0 Å². The lowest BCUT2D eigenvalue weighted by Crippen LogP contribution is -2.09. The molecule has 2 nitrogen and oxygen atoms in total. The van der Waals surface area contributed by atoms with Gasteiger partial charge in [-0.15, -0.1) is 11.3 Å². The topological polar surface area (TPSA) is 17.0 Å². The van der Waals surface area contributed by atoms with E-state index in [-0.39, 0.29) is 0 Å². The molecule has 0 atom stereocenters. The Morgan fingerprint density at radius 1 is 1.50 bits per heavy atom. The van der Waals surface area contributed by atoms with E-state index < -0.39 is 0 Å². The van der Waals surface area contributed by atoms with Crippen LogP contribution in [0, 0.1) is 4.64 Å². The smallest absolute Gasteiger partial charge is 0.142 e. The molecule has 0 radical (unpaired) electrons. The van der Waals surface area contributed by atoms with E-state index in [4.69, 9.17) is 12.2 Å². The molecule has 2 aromatic rings. The number of aromatic nitrogens is 1. The molecule has 0 aliphatic rings. The molecule has 1 N–H and O–H groups in total. The molecule has 0 spiro atoms. The van der Waals surface area contributed by atoms with Gasteiger partial charge in [0.25, 0.3) is 0 Å². The molecule has 0 aliphatic heterocycles. The maximum Gasteiger partial charge on any atom is 0.142 e. The van der Waals surface area contributed by atoms with E-state index in [1.54, 1.807) is 11.3 Å². The first-order valence-electron chi connectivity index (χ1n) is 3.59. The molecule has 4 heteroatoms. The van der Waals surface area contributed by atoms with Gasteiger partial charge in [0.15, 0.2) is 0 Å². The van der Waals surface area contributed by atoms with E-state index in [1.165, 1.54) is 10.1 Å². The minimum atomic E-state index is 0.852. The molecule has 0 unspecified atom stereocenters. The fourth-order valence-electron chi connectivity index (χ4n) is 1.13. The quantitative estimate of drug-likeness (QED) is 0.706. The number of pyridine rings is 1. The van der Waals surface area contributed by atoms with Crippen molar-refractivity contribution in [1.82, 2.24) is 4.68 Å². The lowest BCUT2D eigenvalue weighted by Gasteiger charge is -2.04. The number of nitrogens with zero attached hydrogens (tertiary/aromatic N) is 1. The van der Waals surface area contributed by atoms with Crippen molar-refractivity contribution in [3.8, 4) is 0 Å². The molecule has 0 fully saturated rings. The molecular weight excluding hydrogens is 188 g/mol. The first-order valence-corrected chi connectivity index (χ1v) is 4.88. The molecule has 0 amide bonds. The van der Waals surface area contributed by atoms with Crippen LogP contribution in [0.1, 0.15) is 0 Å². The Bertz CT molecular complexity index is 455. The van der Waals surface area contributed by atoms with Crippen molar-refractivity contribution in [3.63, 3.8) is 0 Å². The average molecular weight is 196 g/mol. The van der Waals surface area contributed by atoms with Crippen LogP contribution in [-0.4, -0.2) is 11.7 Å². The van der Waals surface area contributed by atoms with E-state index in [2.05, 4.69) is 22.9 Å². The number of hydrogen-bond acceptors (Lipinski definition) is 3. The predicted molar refractivity (Wildman–Crippen MR) is 55.9 cm³/mol. The first kappa shape index (κ1) is 7.76. The summed E-state index contributed by atoms with van der Waals surface area (Å²) in [6.45, 7) is 0. The van der Waals surface area contributed by atoms with Gasteiger partial charge in [0.1, 0.15) is 4.64 Å². The largest absolute Gasteiger partial charge is 0.328 e. The number of fused-ring (bicyclic) bond motifs is 1. The average Bonchev–Trinajstić information content (AvgIpc) is 2.53. The summed E-state index contributed by atoms with van der Waals surface area (Å²) in [6.07, 6.45) is 1.94. The van der Waals surface area contributed by atoms with Crippen molar-refractivity contribution in [2.45, 2.75) is 0 Å². The number of rotatable bonds is 1. The van der Waals surface area contributed by atoms with Crippen LogP contribution in [0.2, 0.25) is 0 Å². The van der Waals surface area contributed by atoms with Gasteiger partial charge in [0, 0.05) is 13.2 Å². The number of nitrogens with one attached hydrogen (secondary N) is 1. The molecule has 2 heterocycles. The van der Waals surface area contributed by atoms with Crippen molar-refractivity contribution in [2.24, 2.45) is 0 Å².